The molecule has 11 heteroatoms. The van der Waals surface area contributed by atoms with Crippen LogP contribution >= 0.6 is 0 Å². The van der Waals surface area contributed by atoms with Crippen molar-refractivity contribution in [3.63, 3.8) is 0 Å². The van der Waals surface area contributed by atoms with Crippen LogP contribution < -0.4 is 4.72 Å². The molecule has 0 heterocycles. The van der Waals surface area contributed by atoms with Gasteiger partial charge in [-0.25, -0.2) is 4.72 Å². The van der Waals surface area contributed by atoms with Gasteiger partial charge in [0.05, 0.1) is 0 Å². The van der Waals surface area contributed by atoms with E-state index >= 15 is 0 Å². The Kier molecular flexibility index (Phi) is 3.61. The van der Waals surface area contributed by atoms with Gasteiger partial charge in [0.15, 0.2) is 0 Å². The maximum atomic E-state index is 11.5. The number of hydrogen-bond donors (Lipinski definition) is 1. The molecular formula is C4H3F6NO3S. The van der Waals surface area contributed by atoms with Crippen LogP contribution in [0.4, 0.5) is 26.3 Å². The van der Waals surface area contributed by atoms with Crippen molar-refractivity contribution < 1.29 is 39.6 Å². The summed E-state index contributed by atoms with van der Waals surface area (Å²) in [4.78, 5) is 10.2. The number of halogens is 6. The molecule has 0 unspecified atom stereocenters. The lowest BCUT2D eigenvalue weighted by molar-refractivity contribution is -0.152. The van der Waals surface area contributed by atoms with Crippen LogP contribution in [0.1, 0.15) is 6.42 Å². The maximum absolute atomic E-state index is 11.5. The third-order valence-corrected chi connectivity index (χ3v) is 2.02. The van der Waals surface area contributed by atoms with Gasteiger partial charge >= 0.3 is 21.7 Å². The number of hydrogen-bond acceptors (Lipinski definition) is 3. The van der Waals surface area contributed by atoms with Crippen molar-refractivity contribution in [1.82, 2.24) is 4.72 Å². The van der Waals surface area contributed by atoms with Gasteiger partial charge in [0.2, 0.25) is 5.91 Å². The van der Waals surface area contributed by atoms with Gasteiger partial charge < -0.3 is 0 Å². The van der Waals surface area contributed by atoms with Gasteiger partial charge in [-0.2, -0.15) is 34.8 Å². The highest BCUT2D eigenvalue weighted by Crippen LogP contribution is 2.23. The molecule has 1 N–H and O–H groups in total. The van der Waals surface area contributed by atoms with E-state index in [1.807, 2.05) is 0 Å². The molecule has 0 aromatic carbocycles. The summed E-state index contributed by atoms with van der Waals surface area (Å²) in [6, 6.07) is 0. The molecule has 0 atom stereocenters. The number of rotatable bonds is 2. The molecule has 0 saturated heterocycles. The number of carbonyl (C=O) groups is 1. The number of alkyl halides is 6. The monoisotopic (exact) mass is 259 g/mol. The summed E-state index contributed by atoms with van der Waals surface area (Å²) >= 11 is 0. The lowest BCUT2D eigenvalue weighted by Crippen LogP contribution is -2.41. The Morgan fingerprint density at radius 1 is 1.07 bits per heavy atom. The van der Waals surface area contributed by atoms with Gasteiger partial charge in [0, 0.05) is 0 Å². The SMILES string of the molecule is O=C(CC(F)(F)F)NS(=O)(=O)C(F)(F)F. The molecule has 0 rings (SSSR count). The van der Waals surface area contributed by atoms with E-state index in [-0.39, 0.29) is 4.72 Å². The summed E-state index contributed by atoms with van der Waals surface area (Å²) in [5.74, 6) is -2.29. The highest BCUT2D eigenvalue weighted by atomic mass is 32.2. The molecule has 0 aliphatic carbocycles. The van der Waals surface area contributed by atoms with Crippen LogP contribution in [0.15, 0.2) is 0 Å². The van der Waals surface area contributed by atoms with Crippen LogP contribution in [0, 0.1) is 0 Å². The highest BCUT2D eigenvalue weighted by molar-refractivity contribution is 7.90. The van der Waals surface area contributed by atoms with E-state index in [1.165, 1.54) is 0 Å². The van der Waals surface area contributed by atoms with Crippen molar-refractivity contribution in [1.29, 1.82) is 0 Å². The molecule has 0 aliphatic rings. The lowest BCUT2D eigenvalue weighted by atomic mass is 10.4. The Bertz CT molecular complexity index is 340. The van der Waals surface area contributed by atoms with Gasteiger partial charge in [-0.1, -0.05) is 0 Å². The minimum Gasteiger partial charge on any atom is -0.274 e. The highest BCUT2D eigenvalue weighted by Gasteiger charge is 2.47. The first-order valence-electron chi connectivity index (χ1n) is 3.04. The predicted octanol–water partition coefficient (Wildman–Crippen LogP) is 0.905. The minimum absolute atomic E-state index is 0.241. The maximum Gasteiger partial charge on any atom is 0.516 e. The molecule has 0 saturated carbocycles. The predicted molar refractivity (Wildman–Crippen MR) is 33.8 cm³/mol. The van der Waals surface area contributed by atoms with E-state index in [4.69, 9.17) is 0 Å². The van der Waals surface area contributed by atoms with Crippen LogP contribution in [0.25, 0.3) is 0 Å². The van der Waals surface area contributed by atoms with Crippen LogP contribution in [-0.2, 0) is 14.8 Å². The number of nitrogens with one attached hydrogen (secondary N) is 1. The van der Waals surface area contributed by atoms with E-state index in [1.54, 1.807) is 0 Å². The zero-order valence-corrected chi connectivity index (χ0v) is 7.42. The smallest absolute Gasteiger partial charge is 0.274 e. The minimum atomic E-state index is -6.07. The molecule has 0 aromatic rings. The van der Waals surface area contributed by atoms with Gasteiger partial charge in [0.1, 0.15) is 6.42 Å². The van der Waals surface area contributed by atoms with E-state index < -0.39 is 34.0 Å². The Morgan fingerprint density at radius 2 is 1.47 bits per heavy atom. The summed E-state index contributed by atoms with van der Waals surface area (Å²) in [7, 11) is -6.07. The third kappa shape index (κ3) is 4.85. The average Bonchev–Trinajstić information content (AvgIpc) is 1.75. The molecule has 15 heavy (non-hydrogen) atoms. The molecule has 0 bridgehead atoms. The van der Waals surface area contributed by atoms with Crippen LogP contribution in [-0.4, -0.2) is 26.0 Å². The summed E-state index contributed by atoms with van der Waals surface area (Å²) < 4.78 is 89.4. The first kappa shape index (κ1) is 14.0. The van der Waals surface area contributed by atoms with Crippen molar-refractivity contribution in [2.45, 2.75) is 18.1 Å². The Balaban J connectivity index is 4.58. The summed E-state index contributed by atoms with van der Waals surface area (Å²) in [5.41, 5.74) is -5.83. The Labute approximate surface area is 79.3 Å². The largest absolute Gasteiger partial charge is 0.516 e. The molecule has 0 radical (unpaired) electrons. The van der Waals surface area contributed by atoms with Crippen molar-refractivity contribution >= 4 is 15.9 Å². The number of carbonyl (C=O) groups excluding carboxylic acids is 1. The van der Waals surface area contributed by atoms with Gasteiger partial charge in [-0.05, 0) is 0 Å². The van der Waals surface area contributed by atoms with Crippen LogP contribution in [0.2, 0.25) is 0 Å². The first-order valence-corrected chi connectivity index (χ1v) is 4.52. The zero-order valence-electron chi connectivity index (χ0n) is 6.61. The van der Waals surface area contributed by atoms with Crippen molar-refractivity contribution in [2.75, 3.05) is 0 Å². The molecular weight excluding hydrogens is 256 g/mol. The second-order valence-corrected chi connectivity index (χ2v) is 3.94. The molecule has 0 aromatic heterocycles. The lowest BCUT2D eigenvalue weighted by Gasteiger charge is -2.10. The summed E-state index contributed by atoms with van der Waals surface area (Å²) in [5, 5.41) is 0. The second kappa shape index (κ2) is 3.87. The fraction of sp³-hybridized carbons (Fsp3) is 0.750. The summed E-state index contributed by atoms with van der Waals surface area (Å²) in [6.45, 7) is 0. The second-order valence-electron chi connectivity index (χ2n) is 2.27. The van der Waals surface area contributed by atoms with E-state index in [0.717, 1.165) is 0 Å². The molecule has 0 spiro atoms. The average molecular weight is 259 g/mol. The van der Waals surface area contributed by atoms with E-state index in [2.05, 4.69) is 0 Å². The van der Waals surface area contributed by atoms with Crippen molar-refractivity contribution in [3.05, 3.63) is 0 Å². The van der Waals surface area contributed by atoms with Crippen molar-refractivity contribution in [3.8, 4) is 0 Å². The standard InChI is InChI=1S/C4H3F6NO3S/c5-3(6,7)1-2(12)11-15(13,14)4(8,9)10/h1H2,(H,11,12). The number of sulfonamides is 1. The molecule has 0 aliphatic heterocycles. The van der Waals surface area contributed by atoms with Crippen molar-refractivity contribution in [2.24, 2.45) is 0 Å². The zero-order chi connectivity index (χ0) is 12.5. The van der Waals surface area contributed by atoms with Gasteiger partial charge in [0.25, 0.3) is 0 Å². The quantitative estimate of drug-likeness (QED) is 0.749. The van der Waals surface area contributed by atoms with Crippen LogP contribution in [0.5, 0.6) is 0 Å². The van der Waals surface area contributed by atoms with E-state index in [0.29, 0.717) is 0 Å². The van der Waals surface area contributed by atoms with E-state index in [9.17, 15) is 39.6 Å². The van der Waals surface area contributed by atoms with Gasteiger partial charge in [-0.3, -0.25) is 4.79 Å². The third-order valence-electron chi connectivity index (χ3n) is 0.914. The molecule has 1 amide bonds. The Hall–Kier alpha value is -1.00. The molecule has 4 nitrogen and oxygen atoms in total. The Morgan fingerprint density at radius 3 is 1.73 bits per heavy atom. The summed E-state index contributed by atoms with van der Waals surface area (Å²) in [6.07, 6.45) is -7.38. The normalized spacial score (nSPS) is 13.7. The fourth-order valence-electron chi connectivity index (χ4n) is 0.426. The topological polar surface area (TPSA) is 63.2 Å². The molecule has 90 valence electrons. The number of amides is 1. The van der Waals surface area contributed by atoms with Crippen LogP contribution in [0.3, 0.4) is 0 Å². The van der Waals surface area contributed by atoms with Gasteiger partial charge in [-0.15, -0.1) is 0 Å². The fourth-order valence-corrected chi connectivity index (χ4v) is 0.913. The first-order chi connectivity index (χ1) is 6.35. The molecule has 0 fully saturated rings.